The Morgan fingerprint density at radius 3 is 2.52 bits per heavy atom. The van der Waals surface area contributed by atoms with Crippen LogP contribution in [-0.2, 0) is 11.3 Å². The van der Waals surface area contributed by atoms with Crippen LogP contribution < -0.4 is 5.32 Å². The summed E-state index contributed by atoms with van der Waals surface area (Å²) in [6.07, 6.45) is 0. The first-order valence-electron chi connectivity index (χ1n) is 6.52. The molecule has 0 bridgehead atoms. The minimum atomic E-state index is -0.330. The van der Waals surface area contributed by atoms with Gasteiger partial charge >= 0.3 is 0 Å². The highest BCUT2D eigenvalue weighted by Crippen LogP contribution is 2.16. The summed E-state index contributed by atoms with van der Waals surface area (Å²) >= 11 is 6.09. The molecule has 0 heterocycles. The second-order valence-electron chi connectivity index (χ2n) is 4.82. The Labute approximate surface area is 128 Å². The predicted octanol–water partition coefficient (Wildman–Crippen LogP) is 3.55. The molecule has 2 aromatic rings. The number of carbonyl (C=O) groups is 1. The Morgan fingerprint density at radius 1 is 1.19 bits per heavy atom. The van der Waals surface area contributed by atoms with Gasteiger partial charge in [0.05, 0.1) is 6.54 Å². The molecule has 0 unspecified atom stereocenters. The topological polar surface area (TPSA) is 32.3 Å². The van der Waals surface area contributed by atoms with Crippen LogP contribution in [0.25, 0.3) is 0 Å². The summed E-state index contributed by atoms with van der Waals surface area (Å²) in [6, 6.07) is 13.2. The third kappa shape index (κ3) is 4.85. The molecular weight excluding hydrogens is 291 g/mol. The maximum Gasteiger partial charge on any atom is 0.238 e. The molecule has 2 rings (SSSR count). The predicted molar refractivity (Wildman–Crippen MR) is 82.8 cm³/mol. The molecule has 3 nitrogen and oxygen atoms in total. The number of nitrogens with zero attached hydrogens (tertiary/aromatic N) is 1. The van der Waals surface area contributed by atoms with Crippen LogP contribution in [0.5, 0.6) is 0 Å². The van der Waals surface area contributed by atoms with Crippen molar-refractivity contribution in [2.24, 2.45) is 0 Å². The third-order valence-corrected chi connectivity index (χ3v) is 3.31. The monoisotopic (exact) mass is 306 g/mol. The number of benzene rings is 2. The number of anilines is 1. The van der Waals surface area contributed by atoms with Crippen LogP contribution in [-0.4, -0.2) is 24.4 Å². The largest absolute Gasteiger partial charge is 0.325 e. The van der Waals surface area contributed by atoms with Crippen LogP contribution in [0, 0.1) is 5.82 Å². The highest BCUT2D eigenvalue weighted by molar-refractivity contribution is 6.31. The molecule has 0 saturated carbocycles. The lowest BCUT2D eigenvalue weighted by atomic mass is 10.2. The second-order valence-corrected chi connectivity index (χ2v) is 5.23. The van der Waals surface area contributed by atoms with E-state index in [0.29, 0.717) is 17.3 Å². The van der Waals surface area contributed by atoms with Crippen LogP contribution in [0.1, 0.15) is 5.56 Å². The van der Waals surface area contributed by atoms with E-state index in [-0.39, 0.29) is 18.3 Å². The molecule has 0 atom stereocenters. The SMILES string of the molecule is CN(CC(=O)Nc1ccc(F)cc1)Cc1ccccc1Cl. The maximum absolute atomic E-state index is 12.8. The van der Waals surface area contributed by atoms with Gasteiger partial charge in [0.25, 0.3) is 0 Å². The number of halogens is 2. The van der Waals surface area contributed by atoms with Crippen molar-refractivity contribution in [3.63, 3.8) is 0 Å². The molecule has 0 spiro atoms. The molecule has 0 aromatic heterocycles. The molecule has 0 fully saturated rings. The average molecular weight is 307 g/mol. The van der Waals surface area contributed by atoms with Gasteiger partial charge in [-0.05, 0) is 42.9 Å². The number of carbonyl (C=O) groups excluding carboxylic acids is 1. The van der Waals surface area contributed by atoms with Gasteiger partial charge in [-0.15, -0.1) is 0 Å². The minimum absolute atomic E-state index is 0.156. The Morgan fingerprint density at radius 2 is 1.86 bits per heavy atom. The molecule has 110 valence electrons. The number of hydrogen-bond donors (Lipinski definition) is 1. The van der Waals surface area contributed by atoms with Gasteiger partial charge < -0.3 is 5.32 Å². The van der Waals surface area contributed by atoms with Gasteiger partial charge in [-0.2, -0.15) is 0 Å². The molecule has 0 saturated heterocycles. The van der Waals surface area contributed by atoms with Gasteiger partial charge in [-0.1, -0.05) is 29.8 Å². The van der Waals surface area contributed by atoms with Crippen molar-refractivity contribution in [1.29, 1.82) is 0 Å². The fourth-order valence-corrected chi connectivity index (χ4v) is 2.15. The first kappa shape index (κ1) is 15.5. The quantitative estimate of drug-likeness (QED) is 0.916. The Hall–Kier alpha value is -1.91. The lowest BCUT2D eigenvalue weighted by Crippen LogP contribution is -2.29. The second kappa shape index (κ2) is 7.20. The summed E-state index contributed by atoms with van der Waals surface area (Å²) in [5.41, 5.74) is 1.55. The Balaban J connectivity index is 1.87. The minimum Gasteiger partial charge on any atom is -0.325 e. The highest BCUT2D eigenvalue weighted by atomic mass is 35.5. The van der Waals surface area contributed by atoms with Crippen LogP contribution in [0.3, 0.4) is 0 Å². The zero-order valence-electron chi connectivity index (χ0n) is 11.6. The van der Waals surface area contributed by atoms with Crippen LogP contribution >= 0.6 is 11.6 Å². The molecule has 2 aromatic carbocycles. The Kier molecular flexibility index (Phi) is 5.31. The van der Waals surface area contributed by atoms with Crippen LogP contribution in [0.4, 0.5) is 10.1 Å². The van der Waals surface area contributed by atoms with E-state index < -0.39 is 0 Å². The number of hydrogen-bond acceptors (Lipinski definition) is 2. The molecule has 21 heavy (non-hydrogen) atoms. The molecule has 5 heteroatoms. The summed E-state index contributed by atoms with van der Waals surface area (Å²) in [5, 5.41) is 3.40. The van der Waals surface area contributed by atoms with Crippen molar-refractivity contribution in [3.05, 3.63) is 64.9 Å². The van der Waals surface area contributed by atoms with E-state index in [4.69, 9.17) is 11.6 Å². The molecule has 0 aliphatic carbocycles. The lowest BCUT2D eigenvalue weighted by molar-refractivity contribution is -0.117. The number of amides is 1. The normalized spacial score (nSPS) is 10.7. The van der Waals surface area contributed by atoms with Crippen LogP contribution in [0.15, 0.2) is 48.5 Å². The van der Waals surface area contributed by atoms with E-state index >= 15 is 0 Å². The van der Waals surface area contributed by atoms with Crippen LogP contribution in [0.2, 0.25) is 5.02 Å². The van der Waals surface area contributed by atoms with Crippen molar-refractivity contribution in [2.45, 2.75) is 6.54 Å². The van der Waals surface area contributed by atoms with Crippen molar-refractivity contribution in [2.75, 3.05) is 18.9 Å². The molecule has 1 amide bonds. The zero-order valence-corrected chi connectivity index (χ0v) is 12.4. The van der Waals surface area contributed by atoms with Gasteiger partial charge in [-0.25, -0.2) is 4.39 Å². The van der Waals surface area contributed by atoms with Gasteiger partial charge in [-0.3, -0.25) is 9.69 Å². The van der Waals surface area contributed by atoms with E-state index in [9.17, 15) is 9.18 Å². The molecular formula is C16H16ClFN2O. The Bertz CT molecular complexity index is 616. The van der Waals surface area contributed by atoms with Crippen molar-refractivity contribution in [3.8, 4) is 0 Å². The summed E-state index contributed by atoms with van der Waals surface area (Å²) < 4.78 is 12.8. The van der Waals surface area contributed by atoms with Crippen molar-refractivity contribution >= 4 is 23.2 Å². The molecule has 0 aliphatic rings. The first-order valence-corrected chi connectivity index (χ1v) is 6.90. The van der Waals surface area contributed by atoms with Crippen molar-refractivity contribution in [1.82, 2.24) is 4.90 Å². The zero-order chi connectivity index (χ0) is 15.2. The summed E-state index contributed by atoms with van der Waals surface area (Å²) in [7, 11) is 1.84. The number of rotatable bonds is 5. The molecule has 0 radical (unpaired) electrons. The standard InChI is InChI=1S/C16H16ClFN2O/c1-20(10-12-4-2-3-5-15(12)17)11-16(21)19-14-8-6-13(18)7-9-14/h2-9H,10-11H2,1H3,(H,19,21). The van der Waals surface area contributed by atoms with E-state index in [1.807, 2.05) is 36.2 Å². The highest BCUT2D eigenvalue weighted by Gasteiger charge is 2.09. The van der Waals surface area contributed by atoms with Gasteiger partial charge in [0.2, 0.25) is 5.91 Å². The smallest absolute Gasteiger partial charge is 0.238 e. The fraction of sp³-hybridized carbons (Fsp3) is 0.188. The third-order valence-electron chi connectivity index (χ3n) is 2.94. The van der Waals surface area contributed by atoms with E-state index in [0.717, 1.165) is 5.56 Å². The number of likely N-dealkylation sites (N-methyl/N-ethyl adjacent to an activating group) is 1. The summed E-state index contributed by atoms with van der Waals surface area (Å²) in [5.74, 6) is -0.486. The fourth-order valence-electron chi connectivity index (χ4n) is 1.95. The van der Waals surface area contributed by atoms with Crippen molar-refractivity contribution < 1.29 is 9.18 Å². The van der Waals surface area contributed by atoms with E-state index in [1.165, 1.54) is 24.3 Å². The van der Waals surface area contributed by atoms with E-state index in [2.05, 4.69) is 5.32 Å². The number of nitrogens with one attached hydrogen (secondary N) is 1. The maximum atomic E-state index is 12.8. The summed E-state index contributed by atoms with van der Waals surface area (Å²) in [4.78, 5) is 13.8. The van der Waals surface area contributed by atoms with Gasteiger partial charge in [0, 0.05) is 17.3 Å². The van der Waals surface area contributed by atoms with Gasteiger partial charge in [0.15, 0.2) is 0 Å². The first-order chi connectivity index (χ1) is 10.0. The molecule has 1 N–H and O–H groups in total. The lowest BCUT2D eigenvalue weighted by Gasteiger charge is -2.17. The van der Waals surface area contributed by atoms with Gasteiger partial charge in [0.1, 0.15) is 5.82 Å². The molecule has 0 aliphatic heterocycles. The summed E-state index contributed by atoms with van der Waals surface area (Å²) in [6.45, 7) is 0.805. The van der Waals surface area contributed by atoms with E-state index in [1.54, 1.807) is 0 Å². The average Bonchev–Trinajstić information content (AvgIpc) is 2.44.